The van der Waals surface area contributed by atoms with Crippen LogP contribution < -0.4 is 0 Å². The van der Waals surface area contributed by atoms with Crippen LogP contribution in [-0.2, 0) is 14.6 Å². The van der Waals surface area contributed by atoms with Gasteiger partial charge in [0.15, 0.2) is 0 Å². The van der Waals surface area contributed by atoms with E-state index < -0.39 is 17.2 Å². The van der Waals surface area contributed by atoms with Crippen LogP contribution in [-0.4, -0.2) is 22.3 Å². The summed E-state index contributed by atoms with van der Waals surface area (Å²) in [4.78, 5) is 21.9. The third-order valence-electron chi connectivity index (χ3n) is 5.10. The largest absolute Gasteiger partial charge is 0.481 e. The van der Waals surface area contributed by atoms with Gasteiger partial charge in [-0.15, -0.1) is 0 Å². The summed E-state index contributed by atoms with van der Waals surface area (Å²) < 4.78 is 0. The van der Waals surface area contributed by atoms with E-state index in [1.807, 2.05) is 19.9 Å². The van der Waals surface area contributed by atoms with Crippen LogP contribution in [0.2, 0.25) is 0 Å². The lowest BCUT2D eigenvalue weighted by Gasteiger charge is -2.25. The van der Waals surface area contributed by atoms with Crippen LogP contribution >= 0.6 is 0 Å². The van der Waals surface area contributed by atoms with Crippen LogP contribution in [0.1, 0.15) is 71.3 Å². The summed E-state index contributed by atoms with van der Waals surface area (Å²) >= 11 is 0. The van der Waals surface area contributed by atoms with E-state index in [1.54, 1.807) is 0 Å². The number of carboxylic acid groups (broad SMARTS) is 1. The maximum Gasteiger partial charge on any atom is 0.306 e. The molecule has 28 heavy (non-hydrogen) atoms. The van der Waals surface area contributed by atoms with Gasteiger partial charge in [-0.25, -0.2) is 9.78 Å². The third kappa shape index (κ3) is 7.99. The highest BCUT2D eigenvalue weighted by molar-refractivity contribution is 5.68. The molecule has 1 aromatic rings. The zero-order chi connectivity index (χ0) is 20.5. The average Bonchev–Trinajstić information content (AvgIpc) is 2.91. The zero-order valence-corrected chi connectivity index (χ0v) is 17.4. The molecular weight excluding hydrogens is 352 g/mol. The van der Waals surface area contributed by atoms with Crippen molar-refractivity contribution in [2.24, 2.45) is 5.92 Å². The summed E-state index contributed by atoms with van der Waals surface area (Å²) in [7, 11) is 0. The minimum atomic E-state index is -0.854. The van der Waals surface area contributed by atoms with Crippen molar-refractivity contribution in [1.29, 1.82) is 0 Å². The van der Waals surface area contributed by atoms with Gasteiger partial charge in [-0.2, -0.15) is 0 Å². The summed E-state index contributed by atoms with van der Waals surface area (Å²) in [5.74, 6) is -0.365. The van der Waals surface area contributed by atoms with Gasteiger partial charge in [-0.05, 0) is 57.4 Å². The zero-order valence-electron chi connectivity index (χ0n) is 17.4. The van der Waals surface area contributed by atoms with Crippen molar-refractivity contribution in [3.05, 3.63) is 54.1 Å². The summed E-state index contributed by atoms with van der Waals surface area (Å²) in [5, 5.41) is 9.02. The van der Waals surface area contributed by atoms with Gasteiger partial charge in [0.1, 0.15) is 11.2 Å². The molecule has 1 fully saturated rings. The van der Waals surface area contributed by atoms with Crippen molar-refractivity contribution < 1.29 is 19.7 Å². The van der Waals surface area contributed by atoms with Crippen molar-refractivity contribution in [2.45, 2.75) is 76.9 Å². The lowest BCUT2D eigenvalue weighted by atomic mass is 9.82. The Morgan fingerprint density at radius 2 is 1.71 bits per heavy atom. The number of hydrogen-bond donors (Lipinski definition) is 1. The summed E-state index contributed by atoms with van der Waals surface area (Å²) in [6, 6.07) is 10.4. The molecule has 1 saturated heterocycles. The molecule has 0 radical (unpaired) electrons. The quantitative estimate of drug-likeness (QED) is 0.280. The molecule has 1 aliphatic rings. The Kier molecular flexibility index (Phi) is 8.46. The number of hydrogen-bond acceptors (Lipinski definition) is 3. The van der Waals surface area contributed by atoms with Crippen molar-refractivity contribution in [1.82, 2.24) is 0 Å². The standard InChI is InChI=1S/C24H34O4/c1-20(17-23(2)19-24(3,28-27-23)18-22(25)26)13-9-6-4-5-7-10-14-21-15-11-8-12-16-21/h4,6,8,10-12,14-16,20H,5,7,9,13,17-19H2,1-3H3,(H,25,26)/b6-4+,14-10+/t20?,23-,24-/m1/s1. The van der Waals surface area contributed by atoms with Gasteiger partial charge in [0, 0.05) is 6.42 Å². The minimum absolute atomic E-state index is 0.0293. The first-order chi connectivity index (χ1) is 13.3. The predicted molar refractivity (Wildman–Crippen MR) is 113 cm³/mol. The van der Waals surface area contributed by atoms with Gasteiger partial charge in [0.25, 0.3) is 0 Å². The fraction of sp³-hybridized carbons (Fsp3) is 0.542. The minimum Gasteiger partial charge on any atom is -0.481 e. The number of allylic oxidation sites excluding steroid dienone is 3. The average molecular weight is 387 g/mol. The van der Waals surface area contributed by atoms with E-state index in [9.17, 15) is 4.79 Å². The maximum absolute atomic E-state index is 11.0. The molecule has 4 heteroatoms. The highest BCUT2D eigenvalue weighted by Gasteiger charge is 2.47. The molecule has 0 bridgehead atoms. The number of benzene rings is 1. The Morgan fingerprint density at radius 1 is 1.07 bits per heavy atom. The van der Waals surface area contributed by atoms with E-state index in [0.717, 1.165) is 32.1 Å². The van der Waals surface area contributed by atoms with Crippen molar-refractivity contribution >= 4 is 12.0 Å². The summed E-state index contributed by atoms with van der Waals surface area (Å²) in [6.07, 6.45) is 14.6. The third-order valence-corrected chi connectivity index (χ3v) is 5.10. The van der Waals surface area contributed by atoms with Crippen LogP contribution in [0, 0.1) is 5.92 Å². The van der Waals surface area contributed by atoms with Gasteiger partial charge in [-0.3, -0.25) is 4.79 Å². The summed E-state index contributed by atoms with van der Waals surface area (Å²) in [5.41, 5.74) is 0.106. The lowest BCUT2D eigenvalue weighted by molar-refractivity contribution is -0.346. The topological polar surface area (TPSA) is 55.8 Å². The van der Waals surface area contributed by atoms with E-state index in [4.69, 9.17) is 14.9 Å². The second-order valence-corrected chi connectivity index (χ2v) is 8.56. The fourth-order valence-electron chi connectivity index (χ4n) is 4.00. The molecule has 0 aromatic heterocycles. The van der Waals surface area contributed by atoms with Crippen molar-refractivity contribution in [3.63, 3.8) is 0 Å². The van der Waals surface area contributed by atoms with E-state index in [0.29, 0.717) is 12.3 Å². The maximum atomic E-state index is 11.0. The number of carbonyl (C=O) groups is 1. The predicted octanol–water partition coefficient (Wildman–Crippen LogP) is 6.19. The van der Waals surface area contributed by atoms with Crippen LogP contribution in [0.4, 0.5) is 0 Å². The van der Waals surface area contributed by atoms with Crippen molar-refractivity contribution in [3.8, 4) is 0 Å². The van der Waals surface area contributed by atoms with Gasteiger partial charge in [0.05, 0.1) is 6.42 Å². The van der Waals surface area contributed by atoms with Crippen LogP contribution in [0.3, 0.4) is 0 Å². The van der Waals surface area contributed by atoms with Crippen molar-refractivity contribution in [2.75, 3.05) is 0 Å². The molecule has 0 saturated carbocycles. The molecule has 1 aliphatic heterocycles. The Bertz CT molecular complexity index is 666. The highest BCUT2D eigenvalue weighted by atomic mass is 17.2. The highest BCUT2D eigenvalue weighted by Crippen LogP contribution is 2.42. The number of carboxylic acids is 1. The molecule has 2 rings (SSSR count). The molecule has 1 N–H and O–H groups in total. The van der Waals surface area contributed by atoms with E-state index in [1.165, 1.54) is 5.56 Å². The smallest absolute Gasteiger partial charge is 0.306 e. The SMILES string of the molecule is CC(CC/C=C/CC/C=C/c1ccccc1)C[C@]1(C)C[C@@](C)(CC(=O)O)OO1. The lowest BCUT2D eigenvalue weighted by Crippen LogP contribution is -2.31. The van der Waals surface area contributed by atoms with E-state index >= 15 is 0 Å². The van der Waals surface area contributed by atoms with Gasteiger partial charge in [0.2, 0.25) is 0 Å². The molecule has 154 valence electrons. The van der Waals surface area contributed by atoms with Crippen LogP contribution in [0.15, 0.2) is 48.6 Å². The first-order valence-electron chi connectivity index (χ1n) is 10.3. The molecule has 1 aromatic carbocycles. The molecule has 0 amide bonds. The monoisotopic (exact) mass is 386 g/mol. The van der Waals surface area contributed by atoms with Gasteiger partial charge < -0.3 is 5.11 Å². The Hall–Kier alpha value is -1.91. The van der Waals surface area contributed by atoms with E-state index in [2.05, 4.69) is 55.5 Å². The Labute approximate surface area is 169 Å². The molecule has 1 unspecified atom stereocenters. The Balaban J connectivity index is 1.62. The number of aliphatic carboxylic acids is 1. The van der Waals surface area contributed by atoms with Crippen LogP contribution in [0.25, 0.3) is 6.08 Å². The summed E-state index contributed by atoms with van der Waals surface area (Å²) in [6.45, 7) is 6.05. The molecular formula is C24H34O4. The first-order valence-corrected chi connectivity index (χ1v) is 10.3. The van der Waals surface area contributed by atoms with Gasteiger partial charge >= 0.3 is 5.97 Å². The Morgan fingerprint density at radius 3 is 2.43 bits per heavy atom. The number of unbranched alkanes of at least 4 members (excludes halogenated alkanes) is 1. The van der Waals surface area contributed by atoms with E-state index in [-0.39, 0.29) is 6.42 Å². The molecule has 1 heterocycles. The fourth-order valence-corrected chi connectivity index (χ4v) is 4.00. The second-order valence-electron chi connectivity index (χ2n) is 8.56. The first kappa shape index (κ1) is 22.4. The molecule has 0 aliphatic carbocycles. The second kappa shape index (κ2) is 10.6. The molecule has 4 nitrogen and oxygen atoms in total. The van der Waals surface area contributed by atoms with Gasteiger partial charge in [-0.1, -0.05) is 61.6 Å². The number of rotatable bonds is 11. The van der Waals surface area contributed by atoms with Crippen LogP contribution in [0.5, 0.6) is 0 Å². The molecule has 0 spiro atoms. The normalized spacial score (nSPS) is 26.2. The molecule has 3 atom stereocenters.